The van der Waals surface area contributed by atoms with E-state index in [0.29, 0.717) is 43.9 Å². The monoisotopic (exact) mass is 508 g/mol. The largest absolute Gasteiger partial charge is 0.436 e. The van der Waals surface area contributed by atoms with Crippen LogP contribution in [-0.2, 0) is 0 Å². The lowest BCUT2D eigenvalue weighted by Crippen LogP contribution is -2.12. The van der Waals surface area contributed by atoms with Gasteiger partial charge in [0.1, 0.15) is 5.52 Å². The standard InChI is InChI=1S/C20H11Cl2IN2O2/c21-13-5-7-18-17(10-13)25-20(27-18)12-4-6-15(22)16(9-12)24-19(26)11-2-1-3-14(23)8-11/h1-10H,(H,24,26). The minimum absolute atomic E-state index is 0.239. The van der Waals surface area contributed by atoms with Gasteiger partial charge in [0, 0.05) is 19.7 Å². The number of nitrogens with zero attached hydrogens (tertiary/aromatic N) is 1. The van der Waals surface area contributed by atoms with E-state index in [2.05, 4.69) is 32.9 Å². The number of nitrogens with one attached hydrogen (secondary N) is 1. The maximum atomic E-state index is 12.5. The zero-order valence-electron chi connectivity index (χ0n) is 13.7. The molecule has 1 aromatic heterocycles. The molecule has 27 heavy (non-hydrogen) atoms. The number of amides is 1. The van der Waals surface area contributed by atoms with Crippen molar-refractivity contribution in [2.45, 2.75) is 0 Å². The van der Waals surface area contributed by atoms with Gasteiger partial charge in [-0.3, -0.25) is 4.79 Å². The Hall–Kier alpha value is -2.09. The maximum absolute atomic E-state index is 12.5. The molecule has 4 nitrogen and oxygen atoms in total. The molecule has 3 aromatic carbocycles. The minimum atomic E-state index is -0.239. The Morgan fingerprint density at radius 1 is 1.04 bits per heavy atom. The van der Waals surface area contributed by atoms with E-state index in [1.165, 1.54) is 0 Å². The van der Waals surface area contributed by atoms with Crippen molar-refractivity contribution in [2.24, 2.45) is 0 Å². The van der Waals surface area contributed by atoms with Gasteiger partial charge in [0.2, 0.25) is 5.89 Å². The molecule has 0 atom stereocenters. The molecule has 4 aromatic rings. The summed E-state index contributed by atoms with van der Waals surface area (Å²) >= 11 is 14.4. The third-order valence-electron chi connectivity index (χ3n) is 3.90. The molecule has 134 valence electrons. The second-order valence-corrected chi connectivity index (χ2v) is 7.88. The number of carbonyl (C=O) groups is 1. The Morgan fingerprint density at radius 2 is 1.89 bits per heavy atom. The van der Waals surface area contributed by atoms with Crippen molar-refractivity contribution in [1.82, 2.24) is 4.98 Å². The Labute approximate surface area is 178 Å². The van der Waals surface area contributed by atoms with Crippen LogP contribution in [0.2, 0.25) is 10.0 Å². The number of anilines is 1. The van der Waals surface area contributed by atoms with E-state index in [1.807, 2.05) is 12.1 Å². The van der Waals surface area contributed by atoms with Crippen LogP contribution in [0.3, 0.4) is 0 Å². The summed E-state index contributed by atoms with van der Waals surface area (Å²) in [6.07, 6.45) is 0. The summed E-state index contributed by atoms with van der Waals surface area (Å²) in [6.45, 7) is 0. The van der Waals surface area contributed by atoms with Crippen LogP contribution in [0.4, 0.5) is 5.69 Å². The second kappa shape index (κ2) is 7.50. The van der Waals surface area contributed by atoms with Crippen LogP contribution in [0.15, 0.2) is 65.1 Å². The number of hydrogen-bond donors (Lipinski definition) is 1. The van der Waals surface area contributed by atoms with Crippen molar-refractivity contribution in [1.29, 1.82) is 0 Å². The van der Waals surface area contributed by atoms with Crippen LogP contribution in [-0.4, -0.2) is 10.9 Å². The van der Waals surface area contributed by atoms with Crippen molar-refractivity contribution in [3.05, 3.63) is 79.8 Å². The van der Waals surface area contributed by atoms with Crippen molar-refractivity contribution in [2.75, 3.05) is 5.32 Å². The average Bonchev–Trinajstić information content (AvgIpc) is 3.06. The number of rotatable bonds is 3. The summed E-state index contributed by atoms with van der Waals surface area (Å²) < 4.78 is 6.76. The lowest BCUT2D eigenvalue weighted by atomic mass is 10.1. The lowest BCUT2D eigenvalue weighted by Gasteiger charge is -2.09. The molecule has 0 aliphatic rings. The van der Waals surface area contributed by atoms with Crippen LogP contribution >= 0.6 is 45.8 Å². The van der Waals surface area contributed by atoms with Gasteiger partial charge < -0.3 is 9.73 Å². The first-order valence-electron chi connectivity index (χ1n) is 7.92. The van der Waals surface area contributed by atoms with Gasteiger partial charge in [0.15, 0.2) is 5.58 Å². The first-order valence-corrected chi connectivity index (χ1v) is 9.76. The number of oxazole rings is 1. The predicted octanol–water partition coefficient (Wildman–Crippen LogP) is 6.66. The first-order chi connectivity index (χ1) is 13.0. The zero-order chi connectivity index (χ0) is 19.0. The van der Waals surface area contributed by atoms with Gasteiger partial charge in [-0.25, -0.2) is 4.98 Å². The SMILES string of the molecule is O=C(Nc1cc(-c2nc3cc(Cl)ccc3o2)ccc1Cl)c1cccc(I)c1. The molecule has 0 saturated heterocycles. The fourth-order valence-corrected chi connectivity index (χ4v) is 3.48. The van der Waals surface area contributed by atoms with Gasteiger partial charge in [-0.15, -0.1) is 0 Å². The highest BCUT2D eigenvalue weighted by Crippen LogP contribution is 2.31. The second-order valence-electron chi connectivity index (χ2n) is 5.79. The summed E-state index contributed by atoms with van der Waals surface area (Å²) in [5.74, 6) is 0.186. The molecule has 0 spiro atoms. The van der Waals surface area contributed by atoms with Crippen LogP contribution in [0.25, 0.3) is 22.6 Å². The van der Waals surface area contributed by atoms with E-state index in [4.69, 9.17) is 27.6 Å². The molecular weight excluding hydrogens is 498 g/mol. The van der Waals surface area contributed by atoms with E-state index in [-0.39, 0.29) is 5.91 Å². The molecule has 0 saturated carbocycles. The van der Waals surface area contributed by atoms with Crippen LogP contribution < -0.4 is 5.32 Å². The summed E-state index contributed by atoms with van der Waals surface area (Å²) in [4.78, 5) is 17.0. The number of benzene rings is 3. The topological polar surface area (TPSA) is 55.1 Å². The number of carbonyl (C=O) groups excluding carboxylic acids is 1. The molecule has 0 aliphatic carbocycles. The van der Waals surface area contributed by atoms with E-state index in [9.17, 15) is 4.79 Å². The smallest absolute Gasteiger partial charge is 0.255 e. The average molecular weight is 509 g/mol. The highest BCUT2D eigenvalue weighted by molar-refractivity contribution is 14.1. The fraction of sp³-hybridized carbons (Fsp3) is 0. The van der Waals surface area contributed by atoms with E-state index >= 15 is 0 Å². The summed E-state index contributed by atoms with van der Waals surface area (Å²) in [7, 11) is 0. The third kappa shape index (κ3) is 3.95. The molecular formula is C20H11Cl2IN2O2. The number of hydrogen-bond acceptors (Lipinski definition) is 3. The molecule has 1 N–H and O–H groups in total. The van der Waals surface area contributed by atoms with E-state index in [0.717, 1.165) is 3.57 Å². The van der Waals surface area contributed by atoms with Gasteiger partial charge in [-0.05, 0) is 77.2 Å². The van der Waals surface area contributed by atoms with E-state index in [1.54, 1.807) is 48.5 Å². The summed E-state index contributed by atoms with van der Waals surface area (Å²) in [6, 6.07) is 17.8. The quantitative estimate of drug-likeness (QED) is 0.315. The number of halogens is 3. The molecule has 0 aliphatic heterocycles. The van der Waals surface area contributed by atoms with E-state index < -0.39 is 0 Å². The van der Waals surface area contributed by atoms with Gasteiger partial charge in [0.25, 0.3) is 5.91 Å². The molecule has 4 rings (SSSR count). The molecule has 7 heteroatoms. The normalized spacial score (nSPS) is 10.9. The summed E-state index contributed by atoms with van der Waals surface area (Å²) in [5.41, 5.74) is 3.04. The number of aromatic nitrogens is 1. The molecule has 1 amide bonds. The van der Waals surface area contributed by atoms with Crippen LogP contribution in [0, 0.1) is 3.57 Å². The molecule has 0 unspecified atom stereocenters. The van der Waals surface area contributed by atoms with Crippen molar-refractivity contribution in [3.8, 4) is 11.5 Å². The van der Waals surface area contributed by atoms with Gasteiger partial charge in [0.05, 0.1) is 10.7 Å². The summed E-state index contributed by atoms with van der Waals surface area (Å²) in [5, 5.41) is 3.86. The maximum Gasteiger partial charge on any atom is 0.255 e. The molecule has 0 bridgehead atoms. The first kappa shape index (κ1) is 18.3. The Kier molecular flexibility index (Phi) is 5.08. The Morgan fingerprint density at radius 3 is 2.70 bits per heavy atom. The predicted molar refractivity (Wildman–Crippen MR) is 117 cm³/mol. The Balaban J connectivity index is 1.67. The minimum Gasteiger partial charge on any atom is -0.436 e. The van der Waals surface area contributed by atoms with Crippen LogP contribution in [0.1, 0.15) is 10.4 Å². The lowest BCUT2D eigenvalue weighted by molar-refractivity contribution is 0.102. The van der Waals surface area contributed by atoms with Gasteiger partial charge in [-0.2, -0.15) is 0 Å². The molecule has 1 heterocycles. The zero-order valence-corrected chi connectivity index (χ0v) is 17.3. The van der Waals surface area contributed by atoms with Crippen LogP contribution in [0.5, 0.6) is 0 Å². The Bertz CT molecular complexity index is 1170. The van der Waals surface area contributed by atoms with Crippen molar-refractivity contribution < 1.29 is 9.21 Å². The van der Waals surface area contributed by atoms with Gasteiger partial charge >= 0.3 is 0 Å². The van der Waals surface area contributed by atoms with Gasteiger partial charge in [-0.1, -0.05) is 29.3 Å². The third-order valence-corrected chi connectivity index (χ3v) is 5.13. The fourth-order valence-electron chi connectivity index (χ4n) is 2.60. The number of fused-ring (bicyclic) bond motifs is 1. The highest BCUT2D eigenvalue weighted by Gasteiger charge is 2.13. The van der Waals surface area contributed by atoms with Crippen molar-refractivity contribution in [3.63, 3.8) is 0 Å². The molecule has 0 fully saturated rings. The highest BCUT2D eigenvalue weighted by atomic mass is 127. The molecule has 0 radical (unpaired) electrons. The van der Waals surface area contributed by atoms with Crippen molar-refractivity contribution >= 4 is 68.5 Å².